The fraction of sp³-hybridized carbons (Fsp3) is 0.462. The maximum atomic E-state index is 13.6. The summed E-state index contributed by atoms with van der Waals surface area (Å²) in [6.07, 6.45) is 1.33. The van der Waals surface area contributed by atoms with Crippen molar-refractivity contribution in [3.63, 3.8) is 0 Å². The van der Waals surface area contributed by atoms with Crippen molar-refractivity contribution in [2.45, 2.75) is 31.5 Å². The van der Waals surface area contributed by atoms with Crippen LogP contribution in [0.5, 0.6) is 0 Å². The molecule has 2 saturated heterocycles. The quantitative estimate of drug-likeness (QED) is 0.475. The number of amides is 2. The predicted molar refractivity (Wildman–Crippen MR) is 148 cm³/mol. The third-order valence-corrected chi connectivity index (χ3v) is 7.79. The fourth-order valence-corrected chi connectivity index (χ4v) is 5.49. The molecule has 0 spiro atoms. The van der Waals surface area contributed by atoms with Gasteiger partial charge >= 0.3 is 0 Å². The van der Waals surface area contributed by atoms with Crippen LogP contribution in [0.1, 0.15) is 28.8 Å². The van der Waals surface area contributed by atoms with E-state index in [1.165, 1.54) is 0 Å². The molecule has 2 heterocycles. The highest BCUT2D eigenvalue weighted by molar-refractivity contribution is 6.42. The molecule has 37 heavy (non-hydrogen) atoms. The zero-order valence-electron chi connectivity index (χ0n) is 20.3. The van der Waals surface area contributed by atoms with E-state index in [-0.39, 0.29) is 23.9 Å². The first kappa shape index (κ1) is 28.4. The van der Waals surface area contributed by atoms with Crippen molar-refractivity contribution >= 4 is 58.2 Å². The summed E-state index contributed by atoms with van der Waals surface area (Å²) in [6, 6.07) is 9.65. The first-order valence-corrected chi connectivity index (χ1v) is 13.8. The van der Waals surface area contributed by atoms with E-state index in [1.807, 2.05) is 17.0 Å². The van der Waals surface area contributed by atoms with Crippen LogP contribution in [0.15, 0.2) is 36.4 Å². The van der Waals surface area contributed by atoms with Gasteiger partial charge in [-0.3, -0.25) is 14.5 Å². The summed E-state index contributed by atoms with van der Waals surface area (Å²) in [5, 5.41) is 8.27. The first-order chi connectivity index (χ1) is 17.8. The molecule has 2 aliphatic heterocycles. The van der Waals surface area contributed by atoms with Crippen molar-refractivity contribution in [3.05, 3.63) is 67.6 Å². The Morgan fingerprint density at radius 3 is 2.43 bits per heavy atom. The molecule has 2 amide bonds. The Kier molecular flexibility index (Phi) is 10.4. The number of halogens is 4. The van der Waals surface area contributed by atoms with Crippen LogP contribution < -0.4 is 10.6 Å². The van der Waals surface area contributed by atoms with Gasteiger partial charge in [0, 0.05) is 60.9 Å². The van der Waals surface area contributed by atoms with Gasteiger partial charge in [-0.05, 0) is 54.8 Å². The molecule has 2 atom stereocenters. The van der Waals surface area contributed by atoms with Crippen LogP contribution >= 0.6 is 46.4 Å². The van der Waals surface area contributed by atoms with E-state index in [1.54, 1.807) is 24.3 Å². The molecule has 2 aromatic rings. The van der Waals surface area contributed by atoms with Crippen LogP contribution in [0.4, 0.5) is 0 Å². The second-order valence-electron chi connectivity index (χ2n) is 9.32. The van der Waals surface area contributed by atoms with Crippen LogP contribution in [0.3, 0.4) is 0 Å². The summed E-state index contributed by atoms with van der Waals surface area (Å²) in [7, 11) is 0. The van der Waals surface area contributed by atoms with Gasteiger partial charge in [0.05, 0.1) is 29.3 Å². The predicted octanol–water partition coefficient (Wildman–Crippen LogP) is 4.51. The monoisotopic (exact) mass is 586 g/mol. The molecule has 0 unspecified atom stereocenters. The molecule has 0 aromatic heterocycles. The topological polar surface area (TPSA) is 73.9 Å². The third kappa shape index (κ3) is 8.20. The van der Waals surface area contributed by atoms with Gasteiger partial charge in [0.25, 0.3) is 5.91 Å². The number of benzene rings is 2. The lowest BCUT2D eigenvalue weighted by atomic mass is 10.1. The second kappa shape index (κ2) is 13.5. The number of ether oxygens (including phenoxy) is 1. The molecule has 0 aliphatic carbocycles. The highest BCUT2D eigenvalue weighted by Gasteiger charge is 2.31. The zero-order chi connectivity index (χ0) is 26.4. The maximum Gasteiger partial charge on any atom is 0.251 e. The minimum absolute atomic E-state index is 0.0302. The van der Waals surface area contributed by atoms with Gasteiger partial charge < -0.3 is 20.3 Å². The number of morpholine rings is 1. The van der Waals surface area contributed by atoms with Gasteiger partial charge in [0.15, 0.2) is 0 Å². The fourth-order valence-electron chi connectivity index (χ4n) is 4.62. The molecule has 0 radical (unpaired) electrons. The van der Waals surface area contributed by atoms with Crippen LogP contribution in [0.2, 0.25) is 20.1 Å². The van der Waals surface area contributed by atoms with Crippen molar-refractivity contribution in [1.82, 2.24) is 20.4 Å². The standard InChI is InChI=1S/C26H30Cl4N4O3/c27-19-11-17(12-20(28)14-19)16-34-6-3-21(15-31-25(35)18-1-2-22(29)23(30)13-18)32-24(26(34)36)4-5-33-7-9-37-10-8-33/h1-2,11-14,21,24,32H,3-10,15-16H2,(H,31,35)/t21-,24-/m0/s1. The molecule has 7 nitrogen and oxygen atoms in total. The Morgan fingerprint density at radius 2 is 1.73 bits per heavy atom. The Labute approximate surface area is 237 Å². The van der Waals surface area contributed by atoms with Crippen molar-refractivity contribution in [1.29, 1.82) is 0 Å². The van der Waals surface area contributed by atoms with Gasteiger partial charge in [-0.1, -0.05) is 46.4 Å². The van der Waals surface area contributed by atoms with Gasteiger partial charge in [-0.2, -0.15) is 0 Å². The van der Waals surface area contributed by atoms with Crippen molar-refractivity contribution in [2.75, 3.05) is 45.9 Å². The van der Waals surface area contributed by atoms with Crippen molar-refractivity contribution in [2.24, 2.45) is 0 Å². The van der Waals surface area contributed by atoms with E-state index in [2.05, 4.69) is 15.5 Å². The molecule has 0 bridgehead atoms. The Morgan fingerprint density at radius 1 is 1.00 bits per heavy atom. The molecule has 200 valence electrons. The lowest BCUT2D eigenvalue weighted by Gasteiger charge is -2.30. The summed E-state index contributed by atoms with van der Waals surface area (Å²) in [5.74, 6) is -0.214. The molecule has 11 heteroatoms. The third-order valence-electron chi connectivity index (χ3n) is 6.62. The maximum absolute atomic E-state index is 13.6. The molecular weight excluding hydrogens is 558 g/mol. The summed E-state index contributed by atoms with van der Waals surface area (Å²) in [6.45, 7) is 5.23. The largest absolute Gasteiger partial charge is 0.379 e. The molecular formula is C26H30Cl4N4O3. The second-order valence-corrected chi connectivity index (χ2v) is 11.0. The highest BCUT2D eigenvalue weighted by atomic mass is 35.5. The first-order valence-electron chi connectivity index (χ1n) is 12.3. The summed E-state index contributed by atoms with van der Waals surface area (Å²) >= 11 is 24.4. The number of carbonyl (C=O) groups is 2. The molecule has 2 fully saturated rings. The summed E-state index contributed by atoms with van der Waals surface area (Å²) in [4.78, 5) is 30.5. The molecule has 4 rings (SSSR count). The Bertz CT molecular complexity index is 1090. The van der Waals surface area contributed by atoms with Crippen LogP contribution in [0, 0.1) is 0 Å². The summed E-state index contributed by atoms with van der Waals surface area (Å²) < 4.78 is 5.45. The average Bonchev–Trinajstić information content (AvgIpc) is 3.01. The van der Waals surface area contributed by atoms with E-state index < -0.39 is 0 Å². The minimum atomic E-state index is -0.383. The van der Waals surface area contributed by atoms with Crippen LogP contribution in [0.25, 0.3) is 0 Å². The number of nitrogens with zero attached hydrogens (tertiary/aromatic N) is 2. The number of hydrogen-bond acceptors (Lipinski definition) is 5. The zero-order valence-corrected chi connectivity index (χ0v) is 23.3. The van der Waals surface area contributed by atoms with E-state index >= 15 is 0 Å². The summed E-state index contributed by atoms with van der Waals surface area (Å²) in [5.41, 5.74) is 1.31. The lowest BCUT2D eigenvalue weighted by Crippen LogP contribution is -2.50. The highest BCUT2D eigenvalue weighted by Crippen LogP contribution is 2.23. The molecule has 2 aromatic carbocycles. The SMILES string of the molecule is O=C(NC[C@@H]1CCN(Cc2cc(Cl)cc(Cl)c2)C(=O)[C@H](CCN2CCOCC2)N1)c1ccc(Cl)c(Cl)c1. The molecule has 2 aliphatic rings. The normalized spacial score (nSPS) is 21.1. The number of rotatable bonds is 8. The number of nitrogens with one attached hydrogen (secondary N) is 2. The van der Waals surface area contributed by atoms with Crippen molar-refractivity contribution in [3.8, 4) is 0 Å². The average molecular weight is 588 g/mol. The molecule has 2 N–H and O–H groups in total. The Balaban J connectivity index is 1.43. The van der Waals surface area contributed by atoms with Gasteiger partial charge in [-0.25, -0.2) is 0 Å². The van der Waals surface area contributed by atoms with E-state index in [0.29, 0.717) is 71.3 Å². The number of hydrogen-bond donors (Lipinski definition) is 2. The molecule has 0 saturated carbocycles. The minimum Gasteiger partial charge on any atom is -0.379 e. The smallest absolute Gasteiger partial charge is 0.251 e. The van der Waals surface area contributed by atoms with Gasteiger partial charge in [0.1, 0.15) is 0 Å². The van der Waals surface area contributed by atoms with E-state index in [9.17, 15) is 9.59 Å². The van der Waals surface area contributed by atoms with Gasteiger partial charge in [0.2, 0.25) is 5.91 Å². The van der Waals surface area contributed by atoms with E-state index in [4.69, 9.17) is 51.1 Å². The van der Waals surface area contributed by atoms with Crippen molar-refractivity contribution < 1.29 is 14.3 Å². The van der Waals surface area contributed by atoms with Gasteiger partial charge in [-0.15, -0.1) is 0 Å². The lowest BCUT2D eigenvalue weighted by molar-refractivity contribution is -0.133. The Hall–Kier alpha value is -1.58. The van der Waals surface area contributed by atoms with E-state index in [0.717, 1.165) is 25.2 Å². The number of carbonyl (C=O) groups excluding carboxylic acids is 2. The van der Waals surface area contributed by atoms with Crippen LogP contribution in [-0.4, -0.2) is 79.6 Å². The van der Waals surface area contributed by atoms with Crippen LogP contribution in [-0.2, 0) is 16.1 Å².